The van der Waals surface area contributed by atoms with E-state index < -0.39 is 0 Å². The molecule has 1 nitrogen and oxygen atoms in total. The first-order valence-electron chi connectivity index (χ1n) is 8.55. The number of rotatable bonds is 1. The molecule has 1 heteroatoms. The van der Waals surface area contributed by atoms with Gasteiger partial charge in [0.2, 0.25) is 0 Å². The molecule has 0 unspecified atom stereocenters. The summed E-state index contributed by atoms with van der Waals surface area (Å²) < 4.78 is 6.04. The Labute approximate surface area is 131 Å². The molecular weight excluding hydrogens is 256 g/mol. The van der Waals surface area contributed by atoms with Crippen molar-refractivity contribution in [3.8, 4) is 0 Å². The van der Waals surface area contributed by atoms with E-state index in [0.29, 0.717) is 12.0 Å². The van der Waals surface area contributed by atoms with Gasteiger partial charge in [0.25, 0.3) is 0 Å². The molecule has 3 atom stereocenters. The molecule has 0 saturated carbocycles. The van der Waals surface area contributed by atoms with Gasteiger partial charge in [0.15, 0.2) is 0 Å². The average Bonchev–Trinajstić information content (AvgIpc) is 3.03. The van der Waals surface area contributed by atoms with Crippen molar-refractivity contribution in [2.45, 2.75) is 84.3 Å². The fourth-order valence-corrected chi connectivity index (χ4v) is 3.39. The highest BCUT2D eigenvalue weighted by molar-refractivity contribution is 5.10. The number of ether oxygens (including phenoxy) is 1. The van der Waals surface area contributed by atoms with E-state index in [-0.39, 0.29) is 5.60 Å². The average molecular weight is 288 g/mol. The first-order valence-corrected chi connectivity index (χ1v) is 8.55. The smallest absolute Gasteiger partial charge is 0.0923 e. The molecule has 1 heterocycles. The van der Waals surface area contributed by atoms with Gasteiger partial charge in [0.05, 0.1) is 11.7 Å². The summed E-state index contributed by atoms with van der Waals surface area (Å²) in [5.41, 5.74) is 4.50. The largest absolute Gasteiger partial charge is 0.366 e. The van der Waals surface area contributed by atoms with E-state index in [9.17, 15) is 0 Å². The highest BCUT2D eigenvalue weighted by Gasteiger charge is 2.51. The number of fused-ring (bicyclic) bond motifs is 1. The first kappa shape index (κ1) is 16.5. The molecule has 0 radical (unpaired) electrons. The van der Waals surface area contributed by atoms with Crippen molar-refractivity contribution >= 4 is 0 Å². The van der Waals surface area contributed by atoms with Crippen LogP contribution in [-0.4, -0.2) is 11.7 Å². The highest BCUT2D eigenvalue weighted by atomic mass is 16.6. The zero-order chi connectivity index (χ0) is 15.5. The summed E-state index contributed by atoms with van der Waals surface area (Å²) in [6.45, 7) is 13.2. The molecule has 1 aliphatic heterocycles. The minimum atomic E-state index is 0.124. The van der Waals surface area contributed by atoms with Gasteiger partial charge in [0.1, 0.15) is 0 Å². The molecule has 1 aliphatic carbocycles. The van der Waals surface area contributed by atoms with Crippen molar-refractivity contribution in [1.29, 1.82) is 0 Å². The van der Waals surface area contributed by atoms with Crippen LogP contribution >= 0.6 is 0 Å². The standard InChI is InChI=1S/C20H32O/c1-15(2)18-12-11-17(4)9-6-8-16(3)10-7-13-20(5)19(14-18)21-20/h9-10,18-19H,1,6-8,11-14H2,2-5H3/b16-10+,17-9+/t18-,19+,20+/m0/s1. The van der Waals surface area contributed by atoms with Crippen LogP contribution in [0.15, 0.2) is 35.5 Å². The summed E-state index contributed by atoms with van der Waals surface area (Å²) in [5.74, 6) is 0.611. The second-order valence-corrected chi connectivity index (χ2v) is 7.42. The highest BCUT2D eigenvalue weighted by Crippen LogP contribution is 2.45. The Balaban J connectivity index is 2.05. The summed E-state index contributed by atoms with van der Waals surface area (Å²) in [4.78, 5) is 0. The molecular formula is C20H32O. The van der Waals surface area contributed by atoms with Crippen molar-refractivity contribution in [2.75, 3.05) is 0 Å². The molecule has 1 fully saturated rings. The molecule has 0 aromatic heterocycles. The lowest BCUT2D eigenvalue weighted by Crippen LogP contribution is -2.14. The SMILES string of the molecule is C=C(C)[C@H]1CC/C(C)=C/CC/C(C)=C/CC[C@@]2(C)O[C@@H]2C1. The van der Waals surface area contributed by atoms with Gasteiger partial charge >= 0.3 is 0 Å². The van der Waals surface area contributed by atoms with E-state index in [4.69, 9.17) is 4.74 Å². The zero-order valence-corrected chi connectivity index (χ0v) is 14.4. The van der Waals surface area contributed by atoms with Gasteiger partial charge in [-0.25, -0.2) is 0 Å². The lowest BCUT2D eigenvalue weighted by Gasteiger charge is -2.17. The van der Waals surface area contributed by atoms with Gasteiger partial charge in [-0.15, -0.1) is 0 Å². The first-order chi connectivity index (χ1) is 9.90. The predicted octanol–water partition coefficient (Wildman–Crippen LogP) is 5.97. The van der Waals surface area contributed by atoms with Crippen molar-refractivity contribution in [1.82, 2.24) is 0 Å². The van der Waals surface area contributed by atoms with Crippen LogP contribution in [0.2, 0.25) is 0 Å². The summed E-state index contributed by atoms with van der Waals surface area (Å²) in [5, 5.41) is 0. The van der Waals surface area contributed by atoms with Gasteiger partial charge in [-0.3, -0.25) is 0 Å². The Kier molecular flexibility index (Phi) is 5.48. The number of epoxide rings is 1. The molecule has 118 valence electrons. The summed E-state index contributed by atoms with van der Waals surface area (Å²) >= 11 is 0. The third kappa shape index (κ3) is 4.85. The molecule has 1 saturated heterocycles. The van der Waals surface area contributed by atoms with Gasteiger partial charge in [-0.2, -0.15) is 0 Å². The maximum Gasteiger partial charge on any atom is 0.0923 e. The topological polar surface area (TPSA) is 12.5 Å². The summed E-state index contributed by atoms with van der Waals surface area (Å²) in [7, 11) is 0. The lowest BCUT2D eigenvalue weighted by molar-refractivity contribution is 0.289. The number of allylic oxidation sites excluding steroid dienone is 5. The third-order valence-corrected chi connectivity index (χ3v) is 5.28. The molecule has 2 aliphatic rings. The fourth-order valence-electron chi connectivity index (χ4n) is 3.39. The van der Waals surface area contributed by atoms with Crippen molar-refractivity contribution in [2.24, 2.45) is 5.92 Å². The van der Waals surface area contributed by atoms with E-state index in [0.717, 1.165) is 19.3 Å². The maximum atomic E-state index is 6.04. The van der Waals surface area contributed by atoms with E-state index in [1.165, 1.54) is 42.4 Å². The summed E-state index contributed by atoms with van der Waals surface area (Å²) in [6, 6.07) is 0. The fraction of sp³-hybridized carbons (Fsp3) is 0.700. The maximum absolute atomic E-state index is 6.04. The van der Waals surface area contributed by atoms with Crippen molar-refractivity contribution < 1.29 is 4.74 Å². The van der Waals surface area contributed by atoms with E-state index in [1.807, 2.05) is 0 Å². The van der Waals surface area contributed by atoms with Crippen LogP contribution in [0, 0.1) is 5.92 Å². The molecule has 0 N–H and O–H groups in total. The third-order valence-electron chi connectivity index (χ3n) is 5.28. The Morgan fingerprint density at radius 3 is 2.57 bits per heavy atom. The van der Waals surface area contributed by atoms with Crippen LogP contribution in [0.5, 0.6) is 0 Å². The van der Waals surface area contributed by atoms with Crippen LogP contribution < -0.4 is 0 Å². The lowest BCUT2D eigenvalue weighted by atomic mass is 9.86. The molecule has 0 aromatic carbocycles. The molecule has 0 bridgehead atoms. The monoisotopic (exact) mass is 288 g/mol. The van der Waals surface area contributed by atoms with Crippen LogP contribution in [0.3, 0.4) is 0 Å². The van der Waals surface area contributed by atoms with Crippen molar-refractivity contribution in [3.05, 3.63) is 35.5 Å². The zero-order valence-electron chi connectivity index (χ0n) is 14.4. The Morgan fingerprint density at radius 2 is 1.86 bits per heavy atom. The molecule has 0 spiro atoms. The minimum Gasteiger partial charge on any atom is -0.366 e. The van der Waals surface area contributed by atoms with E-state index >= 15 is 0 Å². The predicted molar refractivity (Wildman–Crippen MR) is 91.4 cm³/mol. The minimum absolute atomic E-state index is 0.124. The van der Waals surface area contributed by atoms with Gasteiger partial charge in [-0.05, 0) is 78.6 Å². The second-order valence-electron chi connectivity index (χ2n) is 7.42. The van der Waals surface area contributed by atoms with Gasteiger partial charge in [-0.1, -0.05) is 35.5 Å². The number of hydrogen-bond donors (Lipinski definition) is 0. The summed E-state index contributed by atoms with van der Waals surface area (Å²) in [6.07, 6.45) is 13.6. The van der Waals surface area contributed by atoms with Crippen LogP contribution in [-0.2, 0) is 4.74 Å². The molecule has 2 rings (SSSR count). The van der Waals surface area contributed by atoms with Crippen molar-refractivity contribution in [3.63, 3.8) is 0 Å². The van der Waals surface area contributed by atoms with E-state index in [1.54, 1.807) is 0 Å². The van der Waals surface area contributed by atoms with E-state index in [2.05, 4.69) is 46.4 Å². The van der Waals surface area contributed by atoms with Crippen LogP contribution in [0.4, 0.5) is 0 Å². The van der Waals surface area contributed by atoms with Gasteiger partial charge < -0.3 is 4.74 Å². The van der Waals surface area contributed by atoms with Crippen LogP contribution in [0.25, 0.3) is 0 Å². The van der Waals surface area contributed by atoms with Gasteiger partial charge in [0, 0.05) is 0 Å². The molecule has 21 heavy (non-hydrogen) atoms. The normalized spacial score (nSPS) is 40.0. The molecule has 0 amide bonds. The number of hydrogen-bond acceptors (Lipinski definition) is 1. The Morgan fingerprint density at radius 1 is 1.19 bits per heavy atom. The Hall–Kier alpha value is -0.820. The van der Waals surface area contributed by atoms with Crippen LogP contribution in [0.1, 0.15) is 72.6 Å². The Bertz CT molecular complexity index is 443. The second kappa shape index (κ2) is 6.96. The quantitative estimate of drug-likeness (QED) is 0.427. The molecule has 0 aromatic rings.